The van der Waals surface area contributed by atoms with Crippen molar-refractivity contribution in [1.29, 1.82) is 0 Å². The number of carbonyl (C=O) groups excluding carboxylic acids is 1. The van der Waals surface area contributed by atoms with Gasteiger partial charge in [0, 0.05) is 11.0 Å². The Morgan fingerprint density at radius 3 is 2.68 bits per heavy atom. The van der Waals surface area contributed by atoms with E-state index in [9.17, 15) is 15.0 Å². The second-order valence-corrected chi connectivity index (χ2v) is 6.04. The number of halogens is 1. The van der Waals surface area contributed by atoms with Gasteiger partial charge in [-0.15, -0.1) is 0 Å². The first-order valence-corrected chi connectivity index (χ1v) is 7.29. The number of hydrogen-bond acceptors (Lipinski definition) is 3. The van der Waals surface area contributed by atoms with E-state index in [0.29, 0.717) is 0 Å². The molecule has 1 aliphatic rings. The van der Waals surface area contributed by atoms with Gasteiger partial charge in [0.25, 0.3) is 5.91 Å². The number of phenolic OH excluding ortho intramolecular Hbond substituents is 1. The van der Waals surface area contributed by atoms with Gasteiger partial charge in [-0.05, 0) is 31.0 Å². The van der Waals surface area contributed by atoms with Gasteiger partial charge in [0.15, 0.2) is 0 Å². The molecule has 0 bridgehead atoms. The number of phenols is 1. The van der Waals surface area contributed by atoms with E-state index in [4.69, 9.17) is 0 Å². The molecule has 1 aromatic carbocycles. The van der Waals surface area contributed by atoms with Gasteiger partial charge >= 0.3 is 0 Å². The van der Waals surface area contributed by atoms with Gasteiger partial charge < -0.3 is 15.5 Å². The maximum Gasteiger partial charge on any atom is 0.255 e. The molecule has 0 saturated heterocycles. The lowest BCUT2D eigenvalue weighted by Gasteiger charge is -2.32. The monoisotopic (exact) mass is 327 g/mol. The third kappa shape index (κ3) is 3.70. The SMILES string of the molecule is O=C(NCC1(O)CCCCC1)c1cc(Br)ccc1O. The number of rotatable bonds is 3. The molecule has 0 spiro atoms. The molecule has 4 nitrogen and oxygen atoms in total. The summed E-state index contributed by atoms with van der Waals surface area (Å²) in [4.78, 5) is 12.0. The molecule has 1 saturated carbocycles. The Morgan fingerprint density at radius 1 is 1.32 bits per heavy atom. The van der Waals surface area contributed by atoms with Crippen LogP contribution in [0.5, 0.6) is 5.75 Å². The first kappa shape index (κ1) is 14.3. The number of hydrogen-bond donors (Lipinski definition) is 3. The number of aliphatic hydroxyl groups is 1. The van der Waals surface area contributed by atoms with Crippen LogP contribution in [0.15, 0.2) is 22.7 Å². The minimum absolute atomic E-state index is 0.0590. The predicted octanol–water partition coefficient (Wildman–Crippen LogP) is 2.58. The van der Waals surface area contributed by atoms with Crippen LogP contribution >= 0.6 is 15.9 Å². The smallest absolute Gasteiger partial charge is 0.255 e. The van der Waals surface area contributed by atoms with Gasteiger partial charge in [-0.1, -0.05) is 35.2 Å². The Balaban J connectivity index is 1.99. The third-order valence-electron chi connectivity index (χ3n) is 3.57. The Morgan fingerprint density at radius 2 is 2.00 bits per heavy atom. The van der Waals surface area contributed by atoms with Crippen molar-refractivity contribution >= 4 is 21.8 Å². The van der Waals surface area contributed by atoms with E-state index >= 15 is 0 Å². The quantitative estimate of drug-likeness (QED) is 0.799. The molecule has 104 valence electrons. The summed E-state index contributed by atoms with van der Waals surface area (Å²) in [5.74, 6) is -0.422. The van der Waals surface area contributed by atoms with Crippen molar-refractivity contribution < 1.29 is 15.0 Å². The molecule has 0 atom stereocenters. The van der Waals surface area contributed by atoms with Gasteiger partial charge in [0.1, 0.15) is 5.75 Å². The van der Waals surface area contributed by atoms with Crippen molar-refractivity contribution in [3.8, 4) is 5.75 Å². The van der Waals surface area contributed by atoms with E-state index in [1.54, 1.807) is 12.1 Å². The van der Waals surface area contributed by atoms with E-state index in [2.05, 4.69) is 21.2 Å². The Hall–Kier alpha value is -1.07. The standard InChI is InChI=1S/C14H18BrNO3/c15-10-4-5-12(17)11(8-10)13(18)16-9-14(19)6-2-1-3-7-14/h4-5,8,17,19H,1-3,6-7,9H2,(H,16,18). The molecule has 0 heterocycles. The van der Waals surface area contributed by atoms with E-state index < -0.39 is 5.60 Å². The highest BCUT2D eigenvalue weighted by molar-refractivity contribution is 9.10. The molecule has 1 aromatic rings. The highest BCUT2D eigenvalue weighted by Crippen LogP contribution is 2.27. The van der Waals surface area contributed by atoms with Crippen LogP contribution < -0.4 is 5.32 Å². The van der Waals surface area contributed by atoms with Crippen molar-refractivity contribution in [3.05, 3.63) is 28.2 Å². The fourth-order valence-corrected chi connectivity index (χ4v) is 2.78. The van der Waals surface area contributed by atoms with E-state index in [-0.39, 0.29) is 23.8 Å². The van der Waals surface area contributed by atoms with Gasteiger partial charge in [-0.3, -0.25) is 4.79 Å². The largest absolute Gasteiger partial charge is 0.507 e. The molecule has 3 N–H and O–H groups in total. The van der Waals surface area contributed by atoms with Gasteiger partial charge in [-0.25, -0.2) is 0 Å². The maximum absolute atomic E-state index is 12.0. The first-order chi connectivity index (χ1) is 9.00. The summed E-state index contributed by atoms with van der Waals surface area (Å²) in [6.45, 7) is 0.234. The number of aromatic hydroxyl groups is 1. The summed E-state index contributed by atoms with van der Waals surface area (Å²) in [6, 6.07) is 4.70. The van der Waals surface area contributed by atoms with E-state index in [0.717, 1.165) is 36.6 Å². The minimum Gasteiger partial charge on any atom is -0.507 e. The zero-order valence-corrected chi connectivity index (χ0v) is 12.2. The van der Waals surface area contributed by atoms with Gasteiger partial charge in [-0.2, -0.15) is 0 Å². The fourth-order valence-electron chi connectivity index (χ4n) is 2.42. The molecule has 19 heavy (non-hydrogen) atoms. The normalized spacial score (nSPS) is 18.0. The molecule has 5 heteroatoms. The van der Waals surface area contributed by atoms with Crippen LogP contribution in [0.4, 0.5) is 0 Å². The molecular weight excluding hydrogens is 310 g/mol. The topological polar surface area (TPSA) is 69.6 Å². The lowest BCUT2D eigenvalue weighted by Crippen LogP contribution is -2.44. The summed E-state index contributed by atoms with van der Waals surface area (Å²) in [5, 5.41) is 22.7. The lowest BCUT2D eigenvalue weighted by molar-refractivity contribution is 0.00523. The molecule has 0 aromatic heterocycles. The average Bonchev–Trinajstić information content (AvgIpc) is 2.40. The summed E-state index contributed by atoms with van der Waals surface area (Å²) in [6.07, 6.45) is 4.57. The number of benzene rings is 1. The highest BCUT2D eigenvalue weighted by atomic mass is 79.9. The lowest BCUT2D eigenvalue weighted by atomic mass is 9.85. The summed E-state index contributed by atoms with van der Waals surface area (Å²) < 4.78 is 0.729. The van der Waals surface area contributed by atoms with Crippen LogP contribution in [0.2, 0.25) is 0 Å². The van der Waals surface area contributed by atoms with Crippen molar-refractivity contribution in [1.82, 2.24) is 5.32 Å². The summed E-state index contributed by atoms with van der Waals surface area (Å²) >= 11 is 3.26. The summed E-state index contributed by atoms with van der Waals surface area (Å²) in [7, 11) is 0. The van der Waals surface area contributed by atoms with Crippen molar-refractivity contribution in [3.63, 3.8) is 0 Å². The number of amides is 1. The zero-order valence-electron chi connectivity index (χ0n) is 10.7. The minimum atomic E-state index is -0.796. The van der Waals surface area contributed by atoms with E-state index in [1.807, 2.05) is 0 Å². The summed E-state index contributed by atoms with van der Waals surface area (Å²) in [5.41, 5.74) is -0.580. The van der Waals surface area contributed by atoms with Crippen molar-refractivity contribution in [2.45, 2.75) is 37.7 Å². The van der Waals surface area contributed by atoms with Crippen LogP contribution in [-0.2, 0) is 0 Å². The average molecular weight is 328 g/mol. The molecule has 1 aliphatic carbocycles. The van der Waals surface area contributed by atoms with Crippen molar-refractivity contribution in [2.24, 2.45) is 0 Å². The fraction of sp³-hybridized carbons (Fsp3) is 0.500. The molecule has 1 amide bonds. The second kappa shape index (κ2) is 5.92. The Kier molecular flexibility index (Phi) is 4.47. The Labute approximate surface area is 121 Å². The molecular formula is C14H18BrNO3. The second-order valence-electron chi connectivity index (χ2n) is 5.13. The number of carbonyl (C=O) groups is 1. The zero-order chi connectivity index (χ0) is 13.9. The highest BCUT2D eigenvalue weighted by Gasteiger charge is 2.29. The van der Waals surface area contributed by atoms with Crippen LogP contribution in [0, 0.1) is 0 Å². The molecule has 1 fully saturated rings. The number of nitrogens with one attached hydrogen (secondary N) is 1. The Bertz CT molecular complexity index is 470. The van der Waals surface area contributed by atoms with E-state index in [1.165, 1.54) is 6.07 Å². The molecule has 0 unspecified atom stereocenters. The molecule has 2 rings (SSSR count). The molecule has 0 radical (unpaired) electrons. The maximum atomic E-state index is 12.0. The van der Waals surface area contributed by atoms with Gasteiger partial charge in [0.05, 0.1) is 11.2 Å². The third-order valence-corrected chi connectivity index (χ3v) is 4.06. The van der Waals surface area contributed by atoms with Crippen LogP contribution in [-0.4, -0.2) is 28.3 Å². The predicted molar refractivity (Wildman–Crippen MR) is 76.2 cm³/mol. The van der Waals surface area contributed by atoms with Crippen molar-refractivity contribution in [2.75, 3.05) is 6.54 Å². The molecule has 0 aliphatic heterocycles. The van der Waals surface area contributed by atoms with Gasteiger partial charge in [0.2, 0.25) is 0 Å². The first-order valence-electron chi connectivity index (χ1n) is 6.49. The van der Waals surface area contributed by atoms with Crippen LogP contribution in [0.1, 0.15) is 42.5 Å². The van der Waals surface area contributed by atoms with Crippen LogP contribution in [0.25, 0.3) is 0 Å². The van der Waals surface area contributed by atoms with Crippen LogP contribution in [0.3, 0.4) is 0 Å².